The van der Waals surface area contributed by atoms with Crippen molar-refractivity contribution < 1.29 is 9.21 Å². The van der Waals surface area contributed by atoms with Crippen LogP contribution >= 0.6 is 0 Å². The maximum Gasteiger partial charge on any atom is 0.248 e. The Labute approximate surface area is 126 Å². The number of carbonyl (C=O) groups excluding carboxylic acids is 1. The average molecular weight is 291 g/mol. The van der Waals surface area contributed by atoms with Crippen LogP contribution in [-0.2, 0) is 4.79 Å². The number of rotatable bonds is 3. The number of amides is 1. The fourth-order valence-corrected chi connectivity index (χ4v) is 2.08. The van der Waals surface area contributed by atoms with Gasteiger partial charge in [0, 0.05) is 11.8 Å². The van der Waals surface area contributed by atoms with E-state index in [1.54, 1.807) is 36.4 Å². The van der Waals surface area contributed by atoms with E-state index in [-0.39, 0.29) is 11.3 Å². The van der Waals surface area contributed by atoms with Crippen LogP contribution in [0.15, 0.2) is 76.1 Å². The predicted octanol–water partition coefficient (Wildman–Crippen LogP) is 3.44. The lowest BCUT2D eigenvalue weighted by atomic mass is 10.1. The first-order chi connectivity index (χ1) is 10.7. The Balaban J connectivity index is 1.82. The van der Waals surface area contributed by atoms with Crippen molar-refractivity contribution in [2.24, 2.45) is 0 Å². The van der Waals surface area contributed by atoms with Gasteiger partial charge in [0.2, 0.25) is 5.91 Å². The van der Waals surface area contributed by atoms with Crippen LogP contribution in [0.2, 0.25) is 0 Å². The van der Waals surface area contributed by atoms with E-state index >= 15 is 0 Å². The number of anilines is 1. The maximum absolute atomic E-state index is 12.3. The van der Waals surface area contributed by atoms with Crippen LogP contribution in [0.25, 0.3) is 17.0 Å². The number of hydrogen-bond donors (Lipinski definition) is 1. The lowest BCUT2D eigenvalue weighted by Gasteiger charge is -2.01. The molecular weight excluding hydrogens is 278 g/mol. The van der Waals surface area contributed by atoms with Crippen LogP contribution < -0.4 is 10.7 Å². The summed E-state index contributed by atoms with van der Waals surface area (Å²) >= 11 is 0. The van der Waals surface area contributed by atoms with Crippen LogP contribution in [0.5, 0.6) is 0 Å². The molecule has 2 aromatic carbocycles. The number of carbonyl (C=O) groups is 1. The Bertz CT molecular complexity index is 895. The summed E-state index contributed by atoms with van der Waals surface area (Å²) in [6.45, 7) is 0. The van der Waals surface area contributed by atoms with Crippen molar-refractivity contribution in [2.75, 3.05) is 5.32 Å². The van der Waals surface area contributed by atoms with Crippen molar-refractivity contribution >= 4 is 28.6 Å². The van der Waals surface area contributed by atoms with E-state index in [4.69, 9.17) is 4.42 Å². The molecule has 4 nitrogen and oxygen atoms in total. The summed E-state index contributed by atoms with van der Waals surface area (Å²) in [7, 11) is 0. The SMILES string of the molecule is O=C(/C=C/c1coc2ccccc2c1=O)Nc1ccccc1. The Morgan fingerprint density at radius 1 is 1.00 bits per heavy atom. The number of hydrogen-bond acceptors (Lipinski definition) is 3. The van der Waals surface area contributed by atoms with Gasteiger partial charge in [-0.3, -0.25) is 9.59 Å². The number of benzene rings is 2. The van der Waals surface area contributed by atoms with Gasteiger partial charge in [-0.05, 0) is 30.3 Å². The second-order valence-corrected chi connectivity index (χ2v) is 4.70. The van der Waals surface area contributed by atoms with Gasteiger partial charge in [-0.1, -0.05) is 30.3 Å². The van der Waals surface area contributed by atoms with Crippen molar-refractivity contribution in [1.29, 1.82) is 0 Å². The molecular formula is C18H13NO3. The number of nitrogens with one attached hydrogen (secondary N) is 1. The average Bonchev–Trinajstić information content (AvgIpc) is 2.55. The third-order valence-electron chi connectivity index (χ3n) is 3.16. The summed E-state index contributed by atoms with van der Waals surface area (Å²) in [5.74, 6) is -0.307. The molecule has 1 aromatic heterocycles. The van der Waals surface area contributed by atoms with Crippen molar-refractivity contribution in [1.82, 2.24) is 0 Å². The van der Waals surface area contributed by atoms with Crippen LogP contribution in [-0.4, -0.2) is 5.91 Å². The minimum atomic E-state index is -0.307. The molecule has 3 rings (SSSR count). The molecule has 0 saturated carbocycles. The van der Waals surface area contributed by atoms with Gasteiger partial charge in [0.05, 0.1) is 10.9 Å². The molecule has 0 fully saturated rings. The highest BCUT2D eigenvalue weighted by molar-refractivity contribution is 6.02. The molecule has 0 spiro atoms. The summed E-state index contributed by atoms with van der Waals surface area (Å²) in [5, 5.41) is 3.20. The molecule has 0 atom stereocenters. The highest BCUT2D eigenvalue weighted by atomic mass is 16.3. The number of para-hydroxylation sites is 2. The predicted molar refractivity (Wildman–Crippen MR) is 86.6 cm³/mol. The van der Waals surface area contributed by atoms with Gasteiger partial charge < -0.3 is 9.73 Å². The van der Waals surface area contributed by atoms with Crippen LogP contribution in [0, 0.1) is 0 Å². The molecule has 108 valence electrons. The van der Waals surface area contributed by atoms with Gasteiger partial charge in [0.25, 0.3) is 0 Å². The fourth-order valence-electron chi connectivity index (χ4n) is 2.08. The van der Waals surface area contributed by atoms with E-state index in [0.717, 1.165) is 0 Å². The summed E-state index contributed by atoms with van der Waals surface area (Å²) in [6.07, 6.45) is 4.13. The van der Waals surface area contributed by atoms with Gasteiger partial charge in [-0.15, -0.1) is 0 Å². The van der Waals surface area contributed by atoms with Gasteiger partial charge >= 0.3 is 0 Å². The molecule has 0 saturated heterocycles. The van der Waals surface area contributed by atoms with Gasteiger partial charge in [0.15, 0.2) is 5.43 Å². The second kappa shape index (κ2) is 6.10. The standard InChI is InChI=1S/C18H13NO3/c20-17(19-14-6-2-1-3-7-14)11-10-13-12-22-16-9-5-4-8-15(16)18(13)21/h1-12H,(H,19,20)/b11-10+. The first kappa shape index (κ1) is 13.8. The molecule has 4 heteroatoms. The maximum atomic E-state index is 12.3. The van der Waals surface area contributed by atoms with Crippen LogP contribution in [0.4, 0.5) is 5.69 Å². The van der Waals surface area contributed by atoms with Crippen molar-refractivity contribution in [3.63, 3.8) is 0 Å². The molecule has 0 aliphatic heterocycles. The minimum absolute atomic E-state index is 0.161. The molecule has 3 aromatic rings. The fraction of sp³-hybridized carbons (Fsp3) is 0. The zero-order chi connectivity index (χ0) is 15.4. The highest BCUT2D eigenvalue weighted by Crippen LogP contribution is 2.11. The Morgan fingerprint density at radius 2 is 1.73 bits per heavy atom. The molecule has 0 aliphatic rings. The quantitative estimate of drug-likeness (QED) is 0.752. The molecule has 0 aliphatic carbocycles. The molecule has 0 radical (unpaired) electrons. The molecule has 1 N–H and O–H groups in total. The van der Waals surface area contributed by atoms with Gasteiger partial charge in [-0.2, -0.15) is 0 Å². The molecule has 1 amide bonds. The van der Waals surface area contributed by atoms with E-state index in [2.05, 4.69) is 5.32 Å². The normalized spacial score (nSPS) is 10.9. The molecule has 22 heavy (non-hydrogen) atoms. The topological polar surface area (TPSA) is 59.3 Å². The molecule has 0 bridgehead atoms. The van der Waals surface area contributed by atoms with E-state index < -0.39 is 0 Å². The zero-order valence-corrected chi connectivity index (χ0v) is 11.7. The van der Waals surface area contributed by atoms with E-state index in [1.165, 1.54) is 18.4 Å². The summed E-state index contributed by atoms with van der Waals surface area (Å²) in [5.41, 5.74) is 1.40. The lowest BCUT2D eigenvalue weighted by Crippen LogP contribution is -2.09. The Kier molecular flexibility index (Phi) is 3.83. The third-order valence-corrected chi connectivity index (χ3v) is 3.16. The van der Waals surface area contributed by atoms with Gasteiger partial charge in [-0.25, -0.2) is 0 Å². The van der Waals surface area contributed by atoms with E-state index in [9.17, 15) is 9.59 Å². The Morgan fingerprint density at radius 3 is 2.55 bits per heavy atom. The summed E-state index contributed by atoms with van der Waals surface area (Å²) in [4.78, 5) is 24.1. The zero-order valence-electron chi connectivity index (χ0n) is 11.7. The third kappa shape index (κ3) is 2.96. The van der Waals surface area contributed by atoms with Crippen molar-refractivity contribution in [3.05, 3.63) is 82.7 Å². The van der Waals surface area contributed by atoms with Crippen LogP contribution in [0.1, 0.15) is 5.56 Å². The first-order valence-electron chi connectivity index (χ1n) is 6.79. The monoisotopic (exact) mass is 291 g/mol. The van der Waals surface area contributed by atoms with E-state index in [0.29, 0.717) is 22.2 Å². The second-order valence-electron chi connectivity index (χ2n) is 4.70. The number of fused-ring (bicyclic) bond motifs is 1. The highest BCUT2D eigenvalue weighted by Gasteiger charge is 2.04. The van der Waals surface area contributed by atoms with Crippen molar-refractivity contribution in [2.45, 2.75) is 0 Å². The first-order valence-corrected chi connectivity index (χ1v) is 6.79. The molecule has 0 unspecified atom stereocenters. The van der Waals surface area contributed by atoms with Gasteiger partial charge in [0.1, 0.15) is 11.8 Å². The minimum Gasteiger partial charge on any atom is -0.463 e. The smallest absolute Gasteiger partial charge is 0.248 e. The summed E-state index contributed by atoms with van der Waals surface area (Å²) < 4.78 is 5.39. The Hall–Kier alpha value is -3.14. The lowest BCUT2D eigenvalue weighted by molar-refractivity contribution is -0.111. The van der Waals surface area contributed by atoms with Crippen LogP contribution in [0.3, 0.4) is 0 Å². The summed E-state index contributed by atoms with van der Waals surface area (Å²) in [6, 6.07) is 16.1. The molecule has 1 heterocycles. The van der Waals surface area contributed by atoms with Crippen molar-refractivity contribution in [3.8, 4) is 0 Å². The van der Waals surface area contributed by atoms with E-state index in [1.807, 2.05) is 18.2 Å². The largest absolute Gasteiger partial charge is 0.463 e.